The van der Waals surface area contributed by atoms with Crippen LogP contribution in [-0.2, 0) is 33.3 Å². The van der Waals surface area contributed by atoms with Gasteiger partial charge in [-0.3, -0.25) is 8.37 Å². The number of hydrogen-bond donors (Lipinski definition) is 1. The summed E-state index contributed by atoms with van der Waals surface area (Å²) < 4.78 is 58.1. The number of rotatable bonds is 9. The maximum Gasteiger partial charge on any atom is 0.407 e. The van der Waals surface area contributed by atoms with Crippen LogP contribution in [0, 0.1) is 0 Å². The maximum atomic E-state index is 11.7. The second kappa shape index (κ2) is 8.81. The van der Waals surface area contributed by atoms with E-state index in [0.29, 0.717) is 0 Å². The van der Waals surface area contributed by atoms with Gasteiger partial charge in [0, 0.05) is 0 Å². The van der Waals surface area contributed by atoms with Crippen LogP contribution in [-0.4, -0.2) is 60.3 Å². The molecule has 0 aliphatic carbocycles. The average molecular weight is 375 g/mol. The van der Waals surface area contributed by atoms with E-state index < -0.39 is 38.0 Å². The molecule has 0 spiro atoms. The van der Waals surface area contributed by atoms with Gasteiger partial charge in [-0.15, -0.1) is 0 Å². The molecule has 1 amide bonds. The number of amides is 1. The summed E-state index contributed by atoms with van der Waals surface area (Å²) in [4.78, 5) is 11.7. The largest absolute Gasteiger partial charge is 0.444 e. The van der Waals surface area contributed by atoms with Crippen LogP contribution in [0.2, 0.25) is 0 Å². The van der Waals surface area contributed by atoms with Crippen LogP contribution in [0.3, 0.4) is 0 Å². The Bertz CT molecular complexity index is 577. The van der Waals surface area contributed by atoms with E-state index >= 15 is 0 Å². The molecule has 23 heavy (non-hydrogen) atoms. The van der Waals surface area contributed by atoms with Crippen molar-refractivity contribution < 1.29 is 34.7 Å². The Hall–Kier alpha value is -0.910. The Morgan fingerprint density at radius 2 is 1.57 bits per heavy atom. The summed E-state index contributed by atoms with van der Waals surface area (Å²) in [6, 6.07) is -0.664. The van der Waals surface area contributed by atoms with Crippen LogP contribution in [0.25, 0.3) is 0 Å². The molecule has 0 aliphatic heterocycles. The molecule has 0 aliphatic rings. The quantitative estimate of drug-likeness (QED) is 0.459. The molecule has 1 unspecified atom stereocenters. The third kappa shape index (κ3) is 15.8. The third-order valence-electron chi connectivity index (χ3n) is 2.20. The summed E-state index contributed by atoms with van der Waals surface area (Å²) in [5.41, 5.74) is -0.703. The van der Waals surface area contributed by atoms with Crippen molar-refractivity contribution in [1.82, 2.24) is 5.32 Å². The number of hydrogen-bond acceptors (Lipinski definition) is 8. The summed E-state index contributed by atoms with van der Waals surface area (Å²) in [6.07, 6.45) is 1.63. The van der Waals surface area contributed by atoms with Gasteiger partial charge in [-0.1, -0.05) is 0 Å². The zero-order valence-electron chi connectivity index (χ0n) is 14.0. The van der Waals surface area contributed by atoms with Gasteiger partial charge in [0.2, 0.25) is 0 Å². The zero-order chi connectivity index (χ0) is 18.3. The predicted octanol–water partition coefficient (Wildman–Crippen LogP) is 0.612. The lowest BCUT2D eigenvalue weighted by Gasteiger charge is -2.23. The van der Waals surface area contributed by atoms with Crippen molar-refractivity contribution in [2.24, 2.45) is 0 Å². The number of carbonyl (C=O) groups is 1. The molecular formula is C12H25NO8S2. The van der Waals surface area contributed by atoms with Gasteiger partial charge in [-0.05, 0) is 33.6 Å². The molecule has 0 saturated carbocycles. The molecule has 0 rings (SSSR count). The van der Waals surface area contributed by atoms with E-state index in [4.69, 9.17) is 4.74 Å². The first-order chi connectivity index (χ1) is 10.2. The summed E-state index contributed by atoms with van der Waals surface area (Å²) in [5, 5.41) is 2.49. The molecule has 0 aromatic heterocycles. The first kappa shape index (κ1) is 22.1. The highest BCUT2D eigenvalue weighted by Crippen LogP contribution is 2.08. The SMILES string of the molecule is CC(C)(C)OC(=O)NC(CCCOS(C)(=O)=O)COS(C)(=O)=O. The van der Waals surface area contributed by atoms with E-state index in [1.54, 1.807) is 20.8 Å². The number of nitrogens with one attached hydrogen (secondary N) is 1. The number of alkyl carbamates (subject to hydrolysis) is 1. The Morgan fingerprint density at radius 1 is 1.04 bits per heavy atom. The topological polar surface area (TPSA) is 125 Å². The Kier molecular flexibility index (Phi) is 8.46. The minimum atomic E-state index is -3.66. The highest BCUT2D eigenvalue weighted by atomic mass is 32.2. The summed E-state index contributed by atoms with van der Waals surface area (Å²) in [6.45, 7) is 4.71. The van der Waals surface area contributed by atoms with E-state index in [2.05, 4.69) is 13.7 Å². The van der Waals surface area contributed by atoms with Crippen molar-refractivity contribution in [1.29, 1.82) is 0 Å². The van der Waals surface area contributed by atoms with Crippen molar-refractivity contribution in [3.05, 3.63) is 0 Å². The third-order valence-corrected chi connectivity index (χ3v) is 3.36. The minimum Gasteiger partial charge on any atom is -0.444 e. The van der Waals surface area contributed by atoms with E-state index in [1.165, 1.54) is 0 Å². The molecule has 0 aromatic rings. The molecule has 9 nitrogen and oxygen atoms in total. The molecule has 0 aromatic carbocycles. The van der Waals surface area contributed by atoms with Gasteiger partial charge < -0.3 is 10.1 Å². The predicted molar refractivity (Wildman–Crippen MR) is 84.0 cm³/mol. The fourth-order valence-corrected chi connectivity index (χ4v) is 2.25. The van der Waals surface area contributed by atoms with Gasteiger partial charge in [-0.25, -0.2) is 4.79 Å². The van der Waals surface area contributed by atoms with Crippen molar-refractivity contribution in [3.8, 4) is 0 Å². The number of ether oxygens (including phenoxy) is 1. The molecule has 0 radical (unpaired) electrons. The molecule has 0 fully saturated rings. The van der Waals surface area contributed by atoms with E-state index in [1.807, 2.05) is 0 Å². The summed E-state index contributed by atoms with van der Waals surface area (Å²) in [7, 11) is -7.21. The van der Waals surface area contributed by atoms with E-state index in [0.717, 1.165) is 12.5 Å². The van der Waals surface area contributed by atoms with Crippen LogP contribution in [0.15, 0.2) is 0 Å². The first-order valence-electron chi connectivity index (χ1n) is 6.86. The molecule has 0 bridgehead atoms. The minimum absolute atomic E-state index is 0.0792. The molecule has 11 heteroatoms. The smallest absolute Gasteiger partial charge is 0.407 e. The molecular weight excluding hydrogens is 350 g/mol. The van der Waals surface area contributed by atoms with Gasteiger partial charge in [0.15, 0.2) is 0 Å². The van der Waals surface area contributed by atoms with Crippen molar-refractivity contribution >= 4 is 26.3 Å². The second-order valence-electron chi connectivity index (χ2n) is 6.00. The van der Waals surface area contributed by atoms with E-state index in [-0.39, 0.29) is 26.1 Å². The fourth-order valence-electron chi connectivity index (χ4n) is 1.42. The molecule has 1 N–H and O–H groups in total. The lowest BCUT2D eigenvalue weighted by atomic mass is 10.2. The van der Waals surface area contributed by atoms with Gasteiger partial charge in [0.05, 0.1) is 31.8 Å². The fraction of sp³-hybridized carbons (Fsp3) is 0.917. The standard InChI is InChI=1S/C12H25NO8S2/c1-12(2,3)21-11(14)13-10(9-20-23(5,17)18)7-6-8-19-22(4,15)16/h10H,6-9H2,1-5H3,(H,13,14). The van der Waals surface area contributed by atoms with Crippen LogP contribution in [0.4, 0.5) is 4.79 Å². The Morgan fingerprint density at radius 3 is 2.00 bits per heavy atom. The summed E-state index contributed by atoms with van der Waals surface area (Å²) >= 11 is 0. The lowest BCUT2D eigenvalue weighted by molar-refractivity contribution is 0.0482. The van der Waals surface area contributed by atoms with Gasteiger partial charge >= 0.3 is 6.09 Å². The normalized spacial score (nSPS) is 14.3. The Labute approximate surface area is 137 Å². The highest BCUT2D eigenvalue weighted by molar-refractivity contribution is 7.86. The average Bonchev–Trinajstić information content (AvgIpc) is 2.26. The van der Waals surface area contributed by atoms with Crippen LogP contribution in [0.5, 0.6) is 0 Å². The van der Waals surface area contributed by atoms with Crippen molar-refractivity contribution in [3.63, 3.8) is 0 Å². The monoisotopic (exact) mass is 375 g/mol. The molecule has 0 heterocycles. The van der Waals surface area contributed by atoms with E-state index in [9.17, 15) is 21.6 Å². The zero-order valence-corrected chi connectivity index (χ0v) is 15.6. The molecule has 1 atom stereocenters. The number of carbonyl (C=O) groups excluding carboxylic acids is 1. The molecule has 138 valence electrons. The van der Waals surface area contributed by atoms with Crippen LogP contribution >= 0.6 is 0 Å². The van der Waals surface area contributed by atoms with Crippen molar-refractivity contribution in [2.75, 3.05) is 25.7 Å². The first-order valence-corrected chi connectivity index (χ1v) is 10.5. The summed E-state index contributed by atoms with van der Waals surface area (Å²) in [5.74, 6) is 0. The van der Waals surface area contributed by atoms with Crippen LogP contribution in [0.1, 0.15) is 33.6 Å². The van der Waals surface area contributed by atoms with Crippen LogP contribution < -0.4 is 5.32 Å². The highest BCUT2D eigenvalue weighted by Gasteiger charge is 2.20. The lowest BCUT2D eigenvalue weighted by Crippen LogP contribution is -2.42. The van der Waals surface area contributed by atoms with Gasteiger partial charge in [-0.2, -0.15) is 16.8 Å². The van der Waals surface area contributed by atoms with Gasteiger partial charge in [0.25, 0.3) is 20.2 Å². The Balaban J connectivity index is 4.53. The maximum absolute atomic E-state index is 11.7. The molecule has 0 saturated heterocycles. The second-order valence-corrected chi connectivity index (χ2v) is 9.29. The van der Waals surface area contributed by atoms with Crippen molar-refractivity contribution in [2.45, 2.75) is 45.3 Å². The van der Waals surface area contributed by atoms with Gasteiger partial charge in [0.1, 0.15) is 5.60 Å².